The van der Waals surface area contributed by atoms with Crippen molar-refractivity contribution in [3.8, 4) is 0 Å². The monoisotopic (exact) mass is 387 g/mol. The molecule has 1 spiro atoms. The summed E-state index contributed by atoms with van der Waals surface area (Å²) in [5.74, 6) is -3.80. The summed E-state index contributed by atoms with van der Waals surface area (Å²) in [6, 6.07) is 3.64. The maximum Gasteiger partial charge on any atom is 0.341 e. The molecular formula is C17H23F2N3O3S. The van der Waals surface area contributed by atoms with Crippen molar-refractivity contribution in [1.82, 2.24) is 5.32 Å². The standard InChI is InChI=1S/C17H23F2N3O3S/c1-2-21-13-4-3-11(26(24,25)16(18)19)9-14(13)22-15(23)12-10-17(12)5-7-20-8-6-17/h3-4,9,12,16,20-21H,2,5-8,10H2,1H3,(H,22,23). The Bertz CT molecular complexity index is 792. The molecule has 1 heterocycles. The molecule has 1 atom stereocenters. The van der Waals surface area contributed by atoms with Crippen LogP contribution in [-0.4, -0.2) is 39.7 Å². The normalized spacial score (nSPS) is 21.6. The van der Waals surface area contributed by atoms with Gasteiger partial charge in [0.2, 0.25) is 15.7 Å². The van der Waals surface area contributed by atoms with E-state index in [9.17, 15) is 22.0 Å². The molecule has 1 unspecified atom stereocenters. The van der Waals surface area contributed by atoms with Crippen LogP contribution in [0.25, 0.3) is 0 Å². The number of hydrogen-bond donors (Lipinski definition) is 3. The van der Waals surface area contributed by atoms with E-state index in [-0.39, 0.29) is 22.9 Å². The van der Waals surface area contributed by atoms with Gasteiger partial charge >= 0.3 is 5.76 Å². The van der Waals surface area contributed by atoms with E-state index in [1.54, 1.807) is 0 Å². The third-order valence-corrected chi connectivity index (χ3v) is 6.66. The lowest BCUT2D eigenvalue weighted by Gasteiger charge is -2.23. The predicted octanol–water partition coefficient (Wildman–Crippen LogP) is 2.44. The van der Waals surface area contributed by atoms with Gasteiger partial charge in [0.25, 0.3) is 0 Å². The molecule has 6 nitrogen and oxygen atoms in total. The second-order valence-electron chi connectivity index (χ2n) is 6.90. The fourth-order valence-corrected chi connectivity index (χ4v) is 4.41. The molecule has 9 heteroatoms. The second kappa shape index (κ2) is 7.11. The highest BCUT2D eigenvalue weighted by Gasteiger charge is 2.57. The van der Waals surface area contributed by atoms with Crippen LogP contribution in [0.1, 0.15) is 26.2 Å². The van der Waals surface area contributed by atoms with E-state index in [1.807, 2.05) is 6.92 Å². The number of sulfone groups is 1. The van der Waals surface area contributed by atoms with Gasteiger partial charge in [-0.2, -0.15) is 8.78 Å². The molecule has 1 aliphatic carbocycles. The second-order valence-corrected chi connectivity index (χ2v) is 8.82. The third-order valence-electron chi connectivity index (χ3n) is 5.28. The lowest BCUT2D eigenvalue weighted by molar-refractivity contribution is -0.118. The van der Waals surface area contributed by atoms with Crippen molar-refractivity contribution in [2.45, 2.75) is 36.8 Å². The Labute approximate surface area is 151 Å². The largest absolute Gasteiger partial charge is 0.384 e. The van der Waals surface area contributed by atoms with E-state index in [0.717, 1.165) is 44.5 Å². The molecule has 3 rings (SSSR count). The fourth-order valence-electron chi connectivity index (χ4n) is 3.67. The number of carbonyl (C=O) groups is 1. The van der Waals surface area contributed by atoms with Crippen molar-refractivity contribution in [1.29, 1.82) is 0 Å². The molecule has 2 fully saturated rings. The zero-order chi connectivity index (χ0) is 18.9. The van der Waals surface area contributed by atoms with E-state index >= 15 is 0 Å². The third kappa shape index (κ3) is 3.55. The van der Waals surface area contributed by atoms with Crippen LogP contribution in [0.3, 0.4) is 0 Å². The molecule has 1 saturated heterocycles. The zero-order valence-electron chi connectivity index (χ0n) is 14.5. The van der Waals surface area contributed by atoms with Crippen molar-refractivity contribution in [3.63, 3.8) is 0 Å². The first-order valence-corrected chi connectivity index (χ1v) is 10.3. The summed E-state index contributed by atoms with van der Waals surface area (Å²) < 4.78 is 49.1. The molecule has 0 aromatic heterocycles. The van der Waals surface area contributed by atoms with Gasteiger partial charge in [0.15, 0.2) is 0 Å². The van der Waals surface area contributed by atoms with Gasteiger partial charge < -0.3 is 16.0 Å². The minimum atomic E-state index is -4.72. The average molecular weight is 387 g/mol. The van der Waals surface area contributed by atoms with E-state index in [1.165, 1.54) is 6.07 Å². The quantitative estimate of drug-likeness (QED) is 0.698. The van der Waals surface area contributed by atoms with Crippen LogP contribution >= 0.6 is 0 Å². The van der Waals surface area contributed by atoms with Crippen molar-refractivity contribution in [3.05, 3.63) is 18.2 Å². The molecule has 1 amide bonds. The molecule has 1 saturated carbocycles. The highest BCUT2D eigenvalue weighted by Crippen LogP contribution is 2.58. The van der Waals surface area contributed by atoms with Gasteiger partial charge in [0.05, 0.1) is 16.3 Å². The molecule has 144 valence electrons. The Hall–Kier alpha value is -1.74. The lowest BCUT2D eigenvalue weighted by Crippen LogP contribution is -2.31. The summed E-state index contributed by atoms with van der Waals surface area (Å²) >= 11 is 0. The summed E-state index contributed by atoms with van der Waals surface area (Å²) in [6.45, 7) is 4.16. The van der Waals surface area contributed by atoms with Crippen molar-refractivity contribution < 1.29 is 22.0 Å². The van der Waals surface area contributed by atoms with E-state index in [4.69, 9.17) is 0 Å². The molecule has 0 bridgehead atoms. The smallest absolute Gasteiger partial charge is 0.341 e. The Kier molecular flexibility index (Phi) is 5.21. The van der Waals surface area contributed by atoms with Crippen LogP contribution in [0.2, 0.25) is 0 Å². The first kappa shape index (κ1) is 19.0. The number of hydrogen-bond acceptors (Lipinski definition) is 5. The van der Waals surface area contributed by atoms with Crippen LogP contribution in [-0.2, 0) is 14.6 Å². The highest BCUT2D eigenvalue weighted by atomic mass is 32.2. The number of nitrogens with one attached hydrogen (secondary N) is 3. The minimum absolute atomic E-state index is 0.0281. The van der Waals surface area contributed by atoms with Gasteiger partial charge in [-0.05, 0) is 62.9 Å². The van der Waals surface area contributed by atoms with Crippen LogP contribution in [0.5, 0.6) is 0 Å². The lowest BCUT2D eigenvalue weighted by atomic mass is 9.92. The topological polar surface area (TPSA) is 87.3 Å². The SMILES string of the molecule is CCNc1ccc(S(=O)(=O)C(F)F)cc1NC(=O)C1CC12CCNCC2. The fraction of sp³-hybridized carbons (Fsp3) is 0.588. The number of rotatable bonds is 6. The number of benzene rings is 1. The number of carbonyl (C=O) groups excluding carboxylic acids is 1. The number of halogens is 2. The number of amides is 1. The van der Waals surface area contributed by atoms with Crippen LogP contribution in [0, 0.1) is 11.3 Å². The van der Waals surface area contributed by atoms with Gasteiger partial charge in [0, 0.05) is 12.5 Å². The number of piperidine rings is 1. The van der Waals surface area contributed by atoms with Gasteiger partial charge in [0.1, 0.15) is 0 Å². The summed E-state index contributed by atoms with van der Waals surface area (Å²) in [6.07, 6.45) is 2.68. The summed E-state index contributed by atoms with van der Waals surface area (Å²) in [5, 5.41) is 9.03. The highest BCUT2D eigenvalue weighted by molar-refractivity contribution is 7.91. The van der Waals surface area contributed by atoms with E-state index < -0.39 is 20.5 Å². The summed E-state index contributed by atoms with van der Waals surface area (Å²) in [4.78, 5) is 12.1. The molecule has 1 aliphatic heterocycles. The maximum atomic E-state index is 12.8. The Balaban J connectivity index is 1.82. The summed E-state index contributed by atoms with van der Waals surface area (Å²) in [5.41, 5.74) is 0.754. The van der Waals surface area contributed by atoms with Crippen molar-refractivity contribution in [2.75, 3.05) is 30.3 Å². The maximum absolute atomic E-state index is 12.8. The van der Waals surface area contributed by atoms with Crippen LogP contribution < -0.4 is 16.0 Å². The van der Waals surface area contributed by atoms with Gasteiger partial charge in [-0.15, -0.1) is 0 Å². The molecule has 1 aromatic carbocycles. The molecule has 2 aliphatic rings. The van der Waals surface area contributed by atoms with Crippen molar-refractivity contribution >= 4 is 27.1 Å². The predicted molar refractivity (Wildman–Crippen MR) is 95.1 cm³/mol. The molecule has 0 radical (unpaired) electrons. The van der Waals surface area contributed by atoms with Crippen LogP contribution in [0.15, 0.2) is 23.1 Å². The van der Waals surface area contributed by atoms with Gasteiger partial charge in [-0.25, -0.2) is 8.42 Å². The Morgan fingerprint density at radius 2 is 2.00 bits per heavy atom. The molecular weight excluding hydrogens is 364 g/mol. The van der Waals surface area contributed by atoms with Crippen LogP contribution in [0.4, 0.5) is 20.2 Å². The Morgan fingerprint density at radius 3 is 2.62 bits per heavy atom. The number of alkyl halides is 2. The summed E-state index contributed by atoms with van der Waals surface area (Å²) in [7, 11) is -4.72. The molecule has 3 N–H and O–H groups in total. The van der Waals surface area contributed by atoms with Gasteiger partial charge in [-0.3, -0.25) is 4.79 Å². The molecule has 1 aromatic rings. The van der Waals surface area contributed by atoms with E-state index in [2.05, 4.69) is 16.0 Å². The first-order valence-electron chi connectivity index (χ1n) is 8.72. The first-order chi connectivity index (χ1) is 12.3. The van der Waals surface area contributed by atoms with E-state index in [0.29, 0.717) is 12.2 Å². The van der Waals surface area contributed by atoms with Crippen molar-refractivity contribution in [2.24, 2.45) is 11.3 Å². The van der Waals surface area contributed by atoms with Gasteiger partial charge in [-0.1, -0.05) is 0 Å². The average Bonchev–Trinajstić information content (AvgIpc) is 3.30. The number of anilines is 2. The minimum Gasteiger partial charge on any atom is -0.384 e. The zero-order valence-corrected chi connectivity index (χ0v) is 15.3. The Morgan fingerprint density at radius 1 is 1.31 bits per heavy atom. The molecule has 26 heavy (non-hydrogen) atoms.